The molecule has 0 heterocycles. The molecule has 3 nitrogen and oxygen atoms in total. The molecule has 0 unspecified atom stereocenters. The third kappa shape index (κ3) is 4.27. The maximum Gasteiger partial charge on any atom is 0.405 e. The Morgan fingerprint density at radius 3 is 2.39 bits per heavy atom. The maximum absolute atomic E-state index is 12.0. The second-order valence-electron chi connectivity index (χ2n) is 3.97. The van der Waals surface area contributed by atoms with Gasteiger partial charge in [0.05, 0.1) is 6.04 Å². The summed E-state index contributed by atoms with van der Waals surface area (Å²) in [5.41, 5.74) is 0.863. The maximum atomic E-state index is 12.0. The van der Waals surface area contributed by atoms with Gasteiger partial charge in [0.15, 0.2) is 0 Å². The molecule has 2 amide bonds. The number of rotatable bonds is 3. The summed E-state index contributed by atoms with van der Waals surface area (Å²) < 4.78 is 35.9. The Bertz CT molecular complexity index is 392. The number of halogens is 3. The predicted octanol–water partition coefficient (Wildman–Crippen LogP) is 2.95. The number of nitrogens with zero attached hydrogens (tertiary/aromatic N) is 1. The highest BCUT2D eigenvalue weighted by atomic mass is 19.4. The van der Waals surface area contributed by atoms with Crippen LogP contribution in [0.4, 0.5) is 18.0 Å². The van der Waals surface area contributed by atoms with Crippen LogP contribution in [-0.4, -0.2) is 30.7 Å². The molecular weight excluding hydrogens is 245 g/mol. The van der Waals surface area contributed by atoms with Crippen molar-refractivity contribution in [1.82, 2.24) is 10.2 Å². The number of carbonyl (C=O) groups is 1. The van der Waals surface area contributed by atoms with Crippen molar-refractivity contribution in [2.45, 2.75) is 19.1 Å². The lowest BCUT2D eigenvalue weighted by Gasteiger charge is -2.25. The van der Waals surface area contributed by atoms with Crippen molar-refractivity contribution in [1.29, 1.82) is 0 Å². The van der Waals surface area contributed by atoms with Crippen LogP contribution >= 0.6 is 0 Å². The molecule has 0 fully saturated rings. The minimum atomic E-state index is -4.40. The van der Waals surface area contributed by atoms with E-state index in [2.05, 4.69) is 0 Å². The minimum Gasteiger partial charge on any atom is -0.329 e. The van der Waals surface area contributed by atoms with Crippen molar-refractivity contribution in [3.63, 3.8) is 0 Å². The molecule has 0 radical (unpaired) electrons. The van der Waals surface area contributed by atoms with Gasteiger partial charge in [-0.3, -0.25) is 0 Å². The molecule has 0 aromatic heterocycles. The van der Waals surface area contributed by atoms with Crippen molar-refractivity contribution in [2.75, 3.05) is 13.6 Å². The number of amides is 2. The van der Waals surface area contributed by atoms with E-state index in [4.69, 9.17) is 0 Å². The van der Waals surface area contributed by atoms with Crippen LogP contribution < -0.4 is 5.32 Å². The van der Waals surface area contributed by atoms with Gasteiger partial charge < -0.3 is 10.2 Å². The van der Waals surface area contributed by atoms with E-state index in [1.54, 1.807) is 6.92 Å². The summed E-state index contributed by atoms with van der Waals surface area (Å²) in [7, 11) is 1.46. The lowest BCUT2D eigenvalue weighted by molar-refractivity contribution is -0.123. The third-order valence-electron chi connectivity index (χ3n) is 2.62. The van der Waals surface area contributed by atoms with E-state index in [-0.39, 0.29) is 6.04 Å². The third-order valence-corrected chi connectivity index (χ3v) is 2.62. The summed E-state index contributed by atoms with van der Waals surface area (Å²) in [5, 5.41) is 1.84. The lowest BCUT2D eigenvalue weighted by Crippen LogP contribution is -2.42. The largest absolute Gasteiger partial charge is 0.405 e. The molecular formula is C12H15F3N2O. The monoisotopic (exact) mass is 260 g/mol. The molecule has 0 bridgehead atoms. The molecule has 18 heavy (non-hydrogen) atoms. The van der Waals surface area contributed by atoms with Crippen LogP contribution in [0.15, 0.2) is 30.3 Å². The first kappa shape index (κ1) is 14.3. The van der Waals surface area contributed by atoms with Crippen molar-refractivity contribution in [3.8, 4) is 0 Å². The van der Waals surface area contributed by atoms with Crippen molar-refractivity contribution in [2.24, 2.45) is 0 Å². The lowest BCUT2D eigenvalue weighted by atomic mass is 10.1. The van der Waals surface area contributed by atoms with E-state index >= 15 is 0 Å². The van der Waals surface area contributed by atoms with Gasteiger partial charge in [-0.1, -0.05) is 30.3 Å². The number of alkyl halides is 3. The molecule has 6 heteroatoms. The van der Waals surface area contributed by atoms with E-state index in [0.29, 0.717) is 0 Å². The fourth-order valence-electron chi connectivity index (χ4n) is 1.43. The summed E-state index contributed by atoms with van der Waals surface area (Å²) in [4.78, 5) is 12.8. The SMILES string of the molecule is C[C@@H](c1ccccc1)N(C)C(=O)NCC(F)(F)F. The second kappa shape index (κ2) is 5.75. The molecule has 0 spiro atoms. The number of urea groups is 1. The van der Waals surface area contributed by atoms with Gasteiger partial charge in [-0.25, -0.2) is 4.79 Å². The minimum absolute atomic E-state index is 0.292. The predicted molar refractivity (Wildman–Crippen MR) is 62.1 cm³/mol. The first-order chi connectivity index (χ1) is 8.31. The number of hydrogen-bond donors (Lipinski definition) is 1. The first-order valence-electron chi connectivity index (χ1n) is 5.43. The molecule has 0 aliphatic carbocycles. The molecule has 0 saturated heterocycles. The van der Waals surface area contributed by atoms with Gasteiger partial charge in [0, 0.05) is 7.05 Å². The average Bonchev–Trinajstić information content (AvgIpc) is 2.34. The van der Waals surface area contributed by atoms with Gasteiger partial charge >= 0.3 is 12.2 Å². The standard InChI is InChI=1S/C12H15F3N2O/c1-9(10-6-4-3-5-7-10)17(2)11(18)16-8-12(13,14)15/h3-7,9H,8H2,1-2H3,(H,16,18)/t9-/m0/s1. The number of hydrogen-bond acceptors (Lipinski definition) is 1. The van der Waals surface area contributed by atoms with E-state index < -0.39 is 18.8 Å². The molecule has 1 aromatic carbocycles. The Hall–Kier alpha value is -1.72. The van der Waals surface area contributed by atoms with Gasteiger partial charge in [-0.2, -0.15) is 13.2 Å². The molecule has 0 saturated carbocycles. The quantitative estimate of drug-likeness (QED) is 0.890. The zero-order chi connectivity index (χ0) is 13.8. The number of nitrogens with one attached hydrogen (secondary N) is 1. The molecule has 0 aliphatic heterocycles. The van der Waals surface area contributed by atoms with E-state index in [1.807, 2.05) is 35.6 Å². The second-order valence-corrected chi connectivity index (χ2v) is 3.97. The summed E-state index contributed by atoms with van der Waals surface area (Å²) in [5.74, 6) is 0. The van der Waals surface area contributed by atoms with Crippen LogP contribution in [0.5, 0.6) is 0 Å². The summed E-state index contributed by atoms with van der Waals surface area (Å²) in [6.07, 6.45) is -4.40. The van der Waals surface area contributed by atoms with E-state index in [0.717, 1.165) is 5.56 Å². The number of benzene rings is 1. The van der Waals surface area contributed by atoms with Gasteiger partial charge in [0.1, 0.15) is 6.54 Å². The Kier molecular flexibility index (Phi) is 4.58. The van der Waals surface area contributed by atoms with Gasteiger partial charge in [-0.15, -0.1) is 0 Å². The van der Waals surface area contributed by atoms with Crippen molar-refractivity contribution >= 4 is 6.03 Å². The Morgan fingerprint density at radius 2 is 1.89 bits per heavy atom. The highest BCUT2D eigenvalue weighted by Crippen LogP contribution is 2.18. The Balaban J connectivity index is 2.59. The van der Waals surface area contributed by atoms with Crippen molar-refractivity contribution < 1.29 is 18.0 Å². The number of carbonyl (C=O) groups excluding carboxylic acids is 1. The van der Waals surface area contributed by atoms with E-state index in [9.17, 15) is 18.0 Å². The smallest absolute Gasteiger partial charge is 0.329 e. The highest BCUT2D eigenvalue weighted by molar-refractivity contribution is 5.74. The molecule has 100 valence electrons. The Morgan fingerprint density at radius 1 is 1.33 bits per heavy atom. The average molecular weight is 260 g/mol. The fraction of sp³-hybridized carbons (Fsp3) is 0.417. The van der Waals surface area contributed by atoms with Crippen LogP contribution in [0.3, 0.4) is 0 Å². The van der Waals surface area contributed by atoms with E-state index in [1.165, 1.54) is 11.9 Å². The summed E-state index contributed by atoms with van der Waals surface area (Å²) >= 11 is 0. The molecule has 1 rings (SSSR count). The van der Waals surface area contributed by atoms with Crippen LogP contribution in [-0.2, 0) is 0 Å². The van der Waals surface area contributed by atoms with Crippen LogP contribution in [0.25, 0.3) is 0 Å². The molecule has 0 aliphatic rings. The van der Waals surface area contributed by atoms with Crippen LogP contribution in [0.2, 0.25) is 0 Å². The zero-order valence-electron chi connectivity index (χ0n) is 10.2. The van der Waals surface area contributed by atoms with Gasteiger partial charge in [-0.05, 0) is 12.5 Å². The molecule has 1 aromatic rings. The summed E-state index contributed by atoms with van der Waals surface area (Å²) in [6.45, 7) is 0.431. The Labute approximate surface area is 104 Å². The van der Waals surface area contributed by atoms with Gasteiger partial charge in [0.25, 0.3) is 0 Å². The topological polar surface area (TPSA) is 32.3 Å². The van der Waals surface area contributed by atoms with Gasteiger partial charge in [0.2, 0.25) is 0 Å². The molecule has 1 atom stereocenters. The first-order valence-corrected chi connectivity index (χ1v) is 5.43. The fourth-order valence-corrected chi connectivity index (χ4v) is 1.43. The van der Waals surface area contributed by atoms with Crippen molar-refractivity contribution in [3.05, 3.63) is 35.9 Å². The van der Waals surface area contributed by atoms with Crippen LogP contribution in [0, 0.1) is 0 Å². The zero-order valence-corrected chi connectivity index (χ0v) is 10.2. The van der Waals surface area contributed by atoms with Crippen LogP contribution in [0.1, 0.15) is 18.5 Å². The normalized spacial score (nSPS) is 12.9. The summed E-state index contributed by atoms with van der Waals surface area (Å²) in [6, 6.07) is 8.06. The highest BCUT2D eigenvalue weighted by Gasteiger charge is 2.29. The molecule has 1 N–H and O–H groups in total.